The molecule has 0 amide bonds. The van der Waals surface area contributed by atoms with Crippen LogP contribution in [0.3, 0.4) is 0 Å². The SMILES string of the molecule is Cc1ccc(Cn2c(=O)n(CCC(=O)O)c(=O)[nH]/c2=N\c2nc(-c3ccc(Cl)cc3)cs2)cc1. The molecule has 9 nitrogen and oxygen atoms in total. The van der Waals surface area contributed by atoms with Gasteiger partial charge in [0, 0.05) is 22.5 Å². The van der Waals surface area contributed by atoms with Crippen molar-refractivity contribution in [3.05, 3.63) is 96.6 Å². The zero-order valence-electron chi connectivity index (χ0n) is 18.1. The molecule has 0 saturated heterocycles. The second-order valence-corrected chi connectivity index (χ2v) is 8.81. The summed E-state index contributed by atoms with van der Waals surface area (Å²) in [5, 5.41) is 11.8. The van der Waals surface area contributed by atoms with Crippen LogP contribution in [0.4, 0.5) is 5.13 Å². The van der Waals surface area contributed by atoms with Crippen LogP contribution in [0.5, 0.6) is 0 Å². The predicted octanol–water partition coefficient (Wildman–Crippen LogP) is 3.18. The van der Waals surface area contributed by atoms with Crippen molar-refractivity contribution in [2.75, 3.05) is 0 Å². The number of hydrogen-bond acceptors (Lipinski definition) is 6. The van der Waals surface area contributed by atoms with Gasteiger partial charge in [-0.2, -0.15) is 4.99 Å². The predicted molar refractivity (Wildman–Crippen MR) is 130 cm³/mol. The van der Waals surface area contributed by atoms with Gasteiger partial charge in [0.15, 0.2) is 0 Å². The monoisotopic (exact) mass is 497 g/mol. The molecule has 0 spiro atoms. The molecule has 174 valence electrons. The van der Waals surface area contributed by atoms with E-state index in [2.05, 4.69) is 15.0 Å². The topological polar surface area (TPSA) is 122 Å². The van der Waals surface area contributed by atoms with Gasteiger partial charge in [0.2, 0.25) is 10.7 Å². The number of hydrogen-bond donors (Lipinski definition) is 2. The third-order valence-corrected chi connectivity index (χ3v) is 6.01. The molecule has 0 fully saturated rings. The number of aromatic amines is 1. The molecule has 0 atom stereocenters. The minimum atomic E-state index is -1.11. The molecular weight excluding hydrogens is 478 g/mol. The second kappa shape index (κ2) is 10.0. The summed E-state index contributed by atoms with van der Waals surface area (Å²) in [6.07, 6.45) is -0.360. The number of carboxylic acids is 1. The van der Waals surface area contributed by atoms with E-state index in [-0.39, 0.29) is 25.1 Å². The maximum atomic E-state index is 13.2. The van der Waals surface area contributed by atoms with Crippen LogP contribution in [0.1, 0.15) is 17.5 Å². The third-order valence-electron chi connectivity index (χ3n) is 5.03. The quantitative estimate of drug-likeness (QED) is 0.406. The zero-order chi connectivity index (χ0) is 24.2. The fourth-order valence-corrected chi connectivity index (χ4v) is 4.05. The largest absolute Gasteiger partial charge is 0.481 e. The highest BCUT2D eigenvalue weighted by molar-refractivity contribution is 7.13. The van der Waals surface area contributed by atoms with Crippen LogP contribution >= 0.6 is 22.9 Å². The molecule has 0 aliphatic heterocycles. The highest BCUT2D eigenvalue weighted by Crippen LogP contribution is 2.27. The molecule has 34 heavy (non-hydrogen) atoms. The van der Waals surface area contributed by atoms with Crippen LogP contribution in [0, 0.1) is 6.92 Å². The first kappa shape index (κ1) is 23.4. The van der Waals surface area contributed by atoms with Crippen molar-refractivity contribution in [3.63, 3.8) is 0 Å². The van der Waals surface area contributed by atoms with Gasteiger partial charge in [-0.05, 0) is 24.6 Å². The molecule has 0 saturated carbocycles. The minimum absolute atomic E-state index is 0.0270. The Bertz CT molecular complexity index is 1520. The number of aromatic nitrogens is 4. The molecule has 4 rings (SSSR count). The summed E-state index contributed by atoms with van der Waals surface area (Å²) in [5.41, 5.74) is 2.06. The lowest BCUT2D eigenvalue weighted by molar-refractivity contribution is -0.137. The van der Waals surface area contributed by atoms with Crippen LogP contribution in [-0.4, -0.2) is 30.2 Å². The van der Waals surface area contributed by atoms with Gasteiger partial charge in [-0.25, -0.2) is 19.1 Å². The molecule has 0 unspecified atom stereocenters. The number of halogens is 1. The molecule has 0 radical (unpaired) electrons. The Balaban J connectivity index is 1.80. The van der Waals surface area contributed by atoms with Crippen LogP contribution < -0.4 is 17.0 Å². The van der Waals surface area contributed by atoms with Crippen molar-refractivity contribution in [3.8, 4) is 11.3 Å². The molecular formula is C23H20ClN5O4S. The Morgan fingerprint density at radius 3 is 2.50 bits per heavy atom. The number of carbonyl (C=O) groups is 1. The molecule has 2 aromatic carbocycles. The highest BCUT2D eigenvalue weighted by Gasteiger charge is 2.12. The maximum Gasteiger partial charge on any atom is 0.335 e. The fourth-order valence-electron chi connectivity index (χ4n) is 3.22. The van der Waals surface area contributed by atoms with Crippen molar-refractivity contribution in [2.24, 2.45) is 4.99 Å². The number of nitrogens with one attached hydrogen (secondary N) is 1. The average molecular weight is 498 g/mol. The van der Waals surface area contributed by atoms with E-state index in [9.17, 15) is 14.4 Å². The lowest BCUT2D eigenvalue weighted by Gasteiger charge is -2.10. The number of thiazole rings is 1. The summed E-state index contributed by atoms with van der Waals surface area (Å²) in [4.78, 5) is 48.3. The average Bonchev–Trinajstić information content (AvgIpc) is 3.26. The highest BCUT2D eigenvalue weighted by atomic mass is 35.5. The number of nitrogens with zero attached hydrogens (tertiary/aromatic N) is 4. The Morgan fingerprint density at radius 2 is 1.82 bits per heavy atom. The Kier molecular flexibility index (Phi) is 6.90. The normalized spacial score (nSPS) is 11.6. The first-order valence-electron chi connectivity index (χ1n) is 10.3. The van der Waals surface area contributed by atoms with E-state index in [1.54, 1.807) is 12.1 Å². The van der Waals surface area contributed by atoms with Gasteiger partial charge in [0.1, 0.15) is 0 Å². The van der Waals surface area contributed by atoms with Crippen molar-refractivity contribution < 1.29 is 9.90 Å². The zero-order valence-corrected chi connectivity index (χ0v) is 19.6. The van der Waals surface area contributed by atoms with Crippen molar-refractivity contribution in [1.82, 2.24) is 19.1 Å². The van der Waals surface area contributed by atoms with E-state index >= 15 is 0 Å². The molecule has 2 aromatic heterocycles. The number of aliphatic carboxylic acids is 1. The van der Waals surface area contributed by atoms with Crippen LogP contribution in [0.2, 0.25) is 5.02 Å². The molecule has 0 aliphatic rings. The second-order valence-electron chi connectivity index (χ2n) is 7.54. The van der Waals surface area contributed by atoms with E-state index in [4.69, 9.17) is 16.7 Å². The Morgan fingerprint density at radius 1 is 1.12 bits per heavy atom. The van der Waals surface area contributed by atoms with Crippen LogP contribution in [0.25, 0.3) is 11.3 Å². The summed E-state index contributed by atoms with van der Waals surface area (Å²) in [6, 6.07) is 14.8. The summed E-state index contributed by atoms with van der Waals surface area (Å²) < 4.78 is 2.17. The van der Waals surface area contributed by atoms with Crippen molar-refractivity contribution in [2.45, 2.75) is 26.4 Å². The summed E-state index contributed by atoms with van der Waals surface area (Å²) in [6.45, 7) is 1.84. The Hall–Kier alpha value is -3.76. The smallest absolute Gasteiger partial charge is 0.335 e. The lowest BCUT2D eigenvalue weighted by Crippen LogP contribution is -2.50. The van der Waals surface area contributed by atoms with Gasteiger partial charge in [-0.15, -0.1) is 11.3 Å². The number of carboxylic acid groups (broad SMARTS) is 1. The van der Waals surface area contributed by atoms with E-state index < -0.39 is 17.3 Å². The molecule has 2 heterocycles. The van der Waals surface area contributed by atoms with Gasteiger partial charge >= 0.3 is 17.3 Å². The number of rotatable bonds is 7. The van der Waals surface area contributed by atoms with Gasteiger partial charge in [-0.3, -0.25) is 14.3 Å². The molecule has 0 bridgehead atoms. The molecule has 2 N–H and O–H groups in total. The van der Waals surface area contributed by atoms with Crippen LogP contribution in [0.15, 0.2) is 68.5 Å². The number of aryl methyl sites for hydroxylation is 1. The van der Waals surface area contributed by atoms with E-state index in [1.807, 2.05) is 48.7 Å². The standard InChI is InChI=1S/C23H20ClN5O4S/c1-14-2-4-15(5-3-14)12-29-20(27-22(32)28(23(29)33)11-10-19(30)31)26-21-25-18(13-34-21)16-6-8-17(24)9-7-16/h2-9,13H,10-12H2,1H3,(H,30,31)(H,25,26,27,32). The van der Waals surface area contributed by atoms with Gasteiger partial charge < -0.3 is 5.11 Å². The molecule has 11 heteroatoms. The van der Waals surface area contributed by atoms with E-state index in [0.29, 0.717) is 15.8 Å². The molecule has 0 aliphatic carbocycles. The van der Waals surface area contributed by atoms with Gasteiger partial charge in [0.05, 0.1) is 18.7 Å². The van der Waals surface area contributed by atoms with Crippen molar-refractivity contribution in [1.29, 1.82) is 0 Å². The van der Waals surface area contributed by atoms with E-state index in [1.165, 1.54) is 15.9 Å². The fraction of sp³-hybridized carbons (Fsp3) is 0.174. The number of H-pyrrole nitrogens is 1. The summed E-state index contributed by atoms with van der Waals surface area (Å²) in [5.74, 6) is -1.11. The minimum Gasteiger partial charge on any atom is -0.481 e. The Labute approximate surface area is 202 Å². The van der Waals surface area contributed by atoms with Gasteiger partial charge in [-0.1, -0.05) is 53.6 Å². The van der Waals surface area contributed by atoms with Gasteiger partial charge in [0.25, 0.3) is 0 Å². The lowest BCUT2D eigenvalue weighted by atomic mass is 10.1. The first-order chi connectivity index (χ1) is 16.3. The number of benzene rings is 2. The summed E-state index contributed by atoms with van der Waals surface area (Å²) >= 11 is 7.21. The first-order valence-corrected chi connectivity index (χ1v) is 11.5. The molecule has 4 aromatic rings. The maximum absolute atomic E-state index is 13.2. The van der Waals surface area contributed by atoms with E-state index in [0.717, 1.165) is 21.3 Å². The van der Waals surface area contributed by atoms with Crippen LogP contribution in [-0.2, 0) is 17.9 Å². The third kappa shape index (κ3) is 5.41. The summed E-state index contributed by atoms with van der Waals surface area (Å²) in [7, 11) is 0. The van der Waals surface area contributed by atoms with Crippen molar-refractivity contribution >= 4 is 34.0 Å².